The quantitative estimate of drug-likeness (QED) is 0.371. The van der Waals surface area contributed by atoms with Gasteiger partial charge in [-0.3, -0.25) is 4.99 Å². The van der Waals surface area contributed by atoms with Gasteiger partial charge in [0, 0.05) is 23.4 Å². The minimum Gasteiger partial charge on any atom is -0.292 e. The smallest absolute Gasteiger partial charge is 0.0415 e. The number of halogens is 1. The van der Waals surface area contributed by atoms with Crippen LogP contribution in [0.5, 0.6) is 0 Å². The fourth-order valence-corrected chi connectivity index (χ4v) is 2.29. The van der Waals surface area contributed by atoms with Gasteiger partial charge in [-0.05, 0) is 41.7 Å². The molecule has 1 rings (SSSR count). The lowest BCUT2D eigenvalue weighted by Crippen LogP contribution is -1.99. The van der Waals surface area contributed by atoms with Gasteiger partial charge in [0.25, 0.3) is 0 Å². The van der Waals surface area contributed by atoms with Crippen molar-refractivity contribution < 1.29 is 0 Å². The zero-order valence-electron chi connectivity index (χ0n) is 13.7. The molecule has 22 heavy (non-hydrogen) atoms. The highest BCUT2D eigenvalue weighted by Gasteiger charge is 2.02. The van der Waals surface area contributed by atoms with E-state index in [1.165, 1.54) is 19.3 Å². The summed E-state index contributed by atoms with van der Waals surface area (Å²) in [4.78, 5) is 4.61. The van der Waals surface area contributed by atoms with Gasteiger partial charge in [0.2, 0.25) is 0 Å². The van der Waals surface area contributed by atoms with E-state index in [-0.39, 0.29) is 0 Å². The first-order valence-electron chi connectivity index (χ1n) is 7.85. The minimum atomic E-state index is 0.611. The number of hydrogen-bond donors (Lipinski definition) is 0. The molecule has 1 atom stereocenters. The third-order valence-corrected chi connectivity index (χ3v) is 3.69. The van der Waals surface area contributed by atoms with E-state index in [0.717, 1.165) is 28.3 Å². The summed E-state index contributed by atoms with van der Waals surface area (Å²) in [5, 5.41) is 0.720. The molecule has 0 saturated carbocycles. The normalized spacial score (nSPS) is 13.3. The summed E-state index contributed by atoms with van der Waals surface area (Å²) >= 11 is 6.09. The Morgan fingerprint density at radius 3 is 2.82 bits per heavy atom. The molecule has 0 bridgehead atoms. The van der Waals surface area contributed by atoms with Gasteiger partial charge in [0.1, 0.15) is 0 Å². The molecule has 0 fully saturated rings. The minimum absolute atomic E-state index is 0.611. The Kier molecular flexibility index (Phi) is 8.54. The number of allylic oxidation sites excluding steroid dienone is 4. The Balaban J connectivity index is 2.86. The Hall–Kier alpha value is -1.60. The van der Waals surface area contributed by atoms with Crippen LogP contribution in [0.2, 0.25) is 5.02 Å². The number of aliphatic imine (C=N–C) groups is 1. The second kappa shape index (κ2) is 10.2. The topological polar surface area (TPSA) is 12.4 Å². The third kappa shape index (κ3) is 6.91. The highest BCUT2D eigenvalue weighted by atomic mass is 35.5. The average molecular weight is 316 g/mol. The summed E-state index contributed by atoms with van der Waals surface area (Å²) < 4.78 is 0. The highest BCUT2D eigenvalue weighted by Crippen LogP contribution is 2.19. The fourth-order valence-electron chi connectivity index (χ4n) is 2.10. The Morgan fingerprint density at radius 1 is 1.41 bits per heavy atom. The van der Waals surface area contributed by atoms with Gasteiger partial charge in [-0.15, -0.1) is 0 Å². The molecule has 1 aromatic rings. The van der Waals surface area contributed by atoms with Gasteiger partial charge in [-0.2, -0.15) is 0 Å². The molecule has 0 radical (unpaired) electrons. The number of nitrogens with zero attached hydrogens (tertiary/aromatic N) is 1. The molecule has 1 aromatic carbocycles. The van der Waals surface area contributed by atoms with Crippen molar-refractivity contribution in [2.24, 2.45) is 10.9 Å². The second-order valence-electron chi connectivity index (χ2n) is 5.63. The van der Waals surface area contributed by atoms with Gasteiger partial charge in [-0.1, -0.05) is 69.7 Å². The molecule has 0 spiro atoms. The number of rotatable bonds is 9. The lowest BCUT2D eigenvalue weighted by Gasteiger charge is -2.08. The summed E-state index contributed by atoms with van der Waals surface area (Å²) in [7, 11) is 0. The highest BCUT2D eigenvalue weighted by molar-refractivity contribution is 6.31. The van der Waals surface area contributed by atoms with Crippen molar-refractivity contribution in [3.63, 3.8) is 0 Å². The molecular formula is C20H26ClN. The van der Waals surface area contributed by atoms with E-state index in [0.29, 0.717) is 5.92 Å². The molecule has 0 N–H and O–H groups in total. The molecule has 0 heterocycles. The van der Waals surface area contributed by atoms with E-state index >= 15 is 0 Å². The standard InChI is InChI=1S/C20H26ClN/c1-5-7-9-17(4)14-22-15-19(12-16(3)6-2)18-10-8-11-20(21)13-18/h6,8,10-13,15,17H,2-3,5,7,9,14H2,1,4H3/b19-12+,22-15?. The molecule has 0 saturated heterocycles. The van der Waals surface area contributed by atoms with Crippen LogP contribution in [0.25, 0.3) is 5.57 Å². The Bertz CT molecular complexity index is 555. The first-order chi connectivity index (χ1) is 10.6. The van der Waals surface area contributed by atoms with Crippen molar-refractivity contribution in [2.75, 3.05) is 6.54 Å². The fraction of sp³-hybridized carbons (Fsp3) is 0.350. The van der Waals surface area contributed by atoms with Crippen molar-refractivity contribution in [2.45, 2.75) is 33.1 Å². The molecule has 1 nitrogen and oxygen atoms in total. The zero-order chi connectivity index (χ0) is 16.4. The van der Waals surface area contributed by atoms with E-state index in [9.17, 15) is 0 Å². The predicted molar refractivity (Wildman–Crippen MR) is 101 cm³/mol. The summed E-state index contributed by atoms with van der Waals surface area (Å²) in [6.07, 6.45) is 9.37. The number of unbranched alkanes of at least 4 members (excludes halogenated alkanes) is 1. The van der Waals surface area contributed by atoms with Gasteiger partial charge >= 0.3 is 0 Å². The molecule has 0 aromatic heterocycles. The molecule has 118 valence electrons. The van der Waals surface area contributed by atoms with E-state index in [4.69, 9.17) is 11.6 Å². The van der Waals surface area contributed by atoms with Crippen LogP contribution in [0.3, 0.4) is 0 Å². The van der Waals surface area contributed by atoms with E-state index < -0.39 is 0 Å². The van der Waals surface area contributed by atoms with Crippen molar-refractivity contribution in [3.05, 3.63) is 65.7 Å². The summed E-state index contributed by atoms with van der Waals surface area (Å²) in [6.45, 7) is 13.0. The van der Waals surface area contributed by atoms with Crippen molar-refractivity contribution in [1.82, 2.24) is 0 Å². The Labute approximate surface area is 140 Å². The maximum absolute atomic E-state index is 6.09. The van der Waals surface area contributed by atoms with Crippen LogP contribution in [0, 0.1) is 5.92 Å². The van der Waals surface area contributed by atoms with Gasteiger partial charge in [0.15, 0.2) is 0 Å². The van der Waals surface area contributed by atoms with E-state index in [2.05, 4.69) is 32.0 Å². The van der Waals surface area contributed by atoms with Crippen LogP contribution in [0.1, 0.15) is 38.7 Å². The maximum Gasteiger partial charge on any atom is 0.0415 e. The van der Waals surface area contributed by atoms with E-state index in [1.54, 1.807) is 6.08 Å². The van der Waals surface area contributed by atoms with Crippen molar-refractivity contribution in [3.8, 4) is 0 Å². The largest absolute Gasteiger partial charge is 0.292 e. The molecule has 0 aliphatic heterocycles. The Morgan fingerprint density at radius 2 is 2.18 bits per heavy atom. The number of benzene rings is 1. The lowest BCUT2D eigenvalue weighted by atomic mass is 10.0. The van der Waals surface area contributed by atoms with Crippen LogP contribution in [-0.2, 0) is 0 Å². The van der Waals surface area contributed by atoms with Crippen molar-refractivity contribution in [1.29, 1.82) is 0 Å². The van der Waals surface area contributed by atoms with Gasteiger partial charge in [-0.25, -0.2) is 0 Å². The monoisotopic (exact) mass is 315 g/mol. The molecule has 2 heteroatoms. The first-order valence-corrected chi connectivity index (χ1v) is 8.23. The maximum atomic E-state index is 6.09. The van der Waals surface area contributed by atoms with E-state index in [1.807, 2.05) is 36.6 Å². The summed E-state index contributed by atoms with van der Waals surface area (Å²) in [5.41, 5.74) is 2.91. The third-order valence-electron chi connectivity index (χ3n) is 3.46. The van der Waals surface area contributed by atoms with Gasteiger partial charge < -0.3 is 0 Å². The molecule has 1 unspecified atom stereocenters. The van der Waals surface area contributed by atoms with Gasteiger partial charge in [0.05, 0.1) is 0 Å². The SMILES string of the molecule is C=CC(=C)/C=C(\C=NCC(C)CCCC)c1cccc(Cl)c1. The van der Waals surface area contributed by atoms with Crippen LogP contribution >= 0.6 is 11.6 Å². The van der Waals surface area contributed by atoms with Crippen LogP contribution in [0.15, 0.2) is 60.1 Å². The summed E-state index contributed by atoms with van der Waals surface area (Å²) in [6, 6.07) is 7.78. The summed E-state index contributed by atoms with van der Waals surface area (Å²) in [5.74, 6) is 0.611. The van der Waals surface area contributed by atoms with Crippen molar-refractivity contribution >= 4 is 23.4 Å². The molecule has 0 amide bonds. The van der Waals surface area contributed by atoms with Crippen LogP contribution in [-0.4, -0.2) is 12.8 Å². The molecule has 0 aliphatic carbocycles. The van der Waals surface area contributed by atoms with Crippen LogP contribution < -0.4 is 0 Å². The average Bonchev–Trinajstić information content (AvgIpc) is 2.51. The molecular weight excluding hydrogens is 290 g/mol. The van der Waals surface area contributed by atoms with Crippen LogP contribution in [0.4, 0.5) is 0 Å². The first kappa shape index (κ1) is 18.4. The zero-order valence-corrected chi connectivity index (χ0v) is 14.4. The number of hydrogen-bond acceptors (Lipinski definition) is 1. The second-order valence-corrected chi connectivity index (χ2v) is 6.07. The lowest BCUT2D eigenvalue weighted by molar-refractivity contribution is 0.518. The molecule has 0 aliphatic rings. The predicted octanol–water partition coefficient (Wildman–Crippen LogP) is 6.36.